The van der Waals surface area contributed by atoms with Gasteiger partial charge in [-0.2, -0.15) is 0 Å². The second-order valence-corrected chi connectivity index (χ2v) is 2.50. The first-order chi connectivity index (χ1) is 7.30. The molecular formula is C10H9N3O2. The van der Waals surface area contributed by atoms with Crippen LogP contribution < -0.4 is 0 Å². The third-order valence-corrected chi connectivity index (χ3v) is 1.44. The molecule has 0 saturated heterocycles. The van der Waals surface area contributed by atoms with Crippen molar-refractivity contribution in [1.82, 2.24) is 9.97 Å². The highest BCUT2D eigenvalue weighted by atomic mass is 16.6. The minimum atomic E-state index is -0.417. The average Bonchev–Trinajstić information content (AvgIpc) is 2.33. The van der Waals surface area contributed by atoms with E-state index in [4.69, 9.17) is 0 Å². The van der Waals surface area contributed by atoms with Crippen molar-refractivity contribution < 1.29 is 4.92 Å². The summed E-state index contributed by atoms with van der Waals surface area (Å²) in [5, 5.41) is 10.0. The Morgan fingerprint density at radius 2 is 1.60 bits per heavy atom. The number of nitro benzene ring substituents is 1. The van der Waals surface area contributed by atoms with E-state index in [9.17, 15) is 10.1 Å². The molecule has 0 fully saturated rings. The number of benzene rings is 1. The summed E-state index contributed by atoms with van der Waals surface area (Å²) in [5.74, 6) is 0. The molecule has 5 heteroatoms. The van der Waals surface area contributed by atoms with Gasteiger partial charge in [-0.05, 0) is 6.07 Å². The summed E-state index contributed by atoms with van der Waals surface area (Å²) in [6.07, 6.45) is 4.88. The molecule has 0 aliphatic rings. The van der Waals surface area contributed by atoms with Crippen molar-refractivity contribution in [2.45, 2.75) is 0 Å². The van der Waals surface area contributed by atoms with Crippen molar-refractivity contribution in [1.29, 1.82) is 0 Å². The van der Waals surface area contributed by atoms with E-state index in [1.807, 2.05) is 0 Å². The Labute approximate surface area is 86.6 Å². The Hall–Kier alpha value is -2.30. The number of hydrogen-bond acceptors (Lipinski definition) is 4. The summed E-state index contributed by atoms with van der Waals surface area (Å²) in [6.45, 7) is 0. The normalized spacial score (nSPS) is 8.53. The molecule has 1 aromatic carbocycles. The van der Waals surface area contributed by atoms with Gasteiger partial charge in [0.05, 0.1) is 4.92 Å². The monoisotopic (exact) mass is 203 g/mol. The first-order valence-corrected chi connectivity index (χ1v) is 4.20. The van der Waals surface area contributed by atoms with Gasteiger partial charge in [-0.1, -0.05) is 18.2 Å². The van der Waals surface area contributed by atoms with Crippen LogP contribution in [-0.2, 0) is 0 Å². The van der Waals surface area contributed by atoms with Crippen LogP contribution in [0.4, 0.5) is 5.69 Å². The van der Waals surface area contributed by atoms with Crippen LogP contribution in [0.1, 0.15) is 0 Å². The molecule has 1 heterocycles. The lowest BCUT2D eigenvalue weighted by Crippen LogP contribution is -1.84. The van der Waals surface area contributed by atoms with E-state index in [-0.39, 0.29) is 5.69 Å². The number of para-hydroxylation sites is 1. The van der Waals surface area contributed by atoms with Crippen LogP contribution in [0, 0.1) is 10.1 Å². The van der Waals surface area contributed by atoms with E-state index >= 15 is 0 Å². The third kappa shape index (κ3) is 4.47. The molecular weight excluding hydrogens is 194 g/mol. The van der Waals surface area contributed by atoms with Crippen molar-refractivity contribution in [2.24, 2.45) is 0 Å². The molecule has 0 bridgehead atoms. The van der Waals surface area contributed by atoms with E-state index < -0.39 is 4.92 Å². The Morgan fingerprint density at radius 1 is 1.00 bits per heavy atom. The maximum absolute atomic E-state index is 10.0. The second-order valence-electron chi connectivity index (χ2n) is 2.50. The lowest BCUT2D eigenvalue weighted by atomic mass is 10.3. The van der Waals surface area contributed by atoms with Gasteiger partial charge in [0.1, 0.15) is 6.33 Å². The Bertz CT molecular complexity index is 365. The molecule has 2 rings (SSSR count). The molecule has 0 atom stereocenters. The number of nitro groups is 1. The van der Waals surface area contributed by atoms with E-state index in [1.165, 1.54) is 18.5 Å². The van der Waals surface area contributed by atoms with Crippen LogP contribution in [0.5, 0.6) is 0 Å². The summed E-state index contributed by atoms with van der Waals surface area (Å²) in [5.41, 5.74) is 0.137. The fraction of sp³-hybridized carbons (Fsp3) is 0. The van der Waals surface area contributed by atoms with Gasteiger partial charge in [-0.15, -0.1) is 0 Å². The van der Waals surface area contributed by atoms with Crippen LogP contribution in [-0.4, -0.2) is 14.9 Å². The number of nitrogens with zero attached hydrogens (tertiary/aromatic N) is 3. The topological polar surface area (TPSA) is 68.9 Å². The van der Waals surface area contributed by atoms with Gasteiger partial charge in [0.15, 0.2) is 0 Å². The number of aromatic nitrogens is 2. The van der Waals surface area contributed by atoms with Crippen LogP contribution >= 0.6 is 0 Å². The standard InChI is InChI=1S/C6H5NO2.C4H4N2/c8-7(9)6-4-2-1-3-5-6;1-2-5-4-6-3-1/h1-5H;1-4H. The highest BCUT2D eigenvalue weighted by Crippen LogP contribution is 2.06. The zero-order valence-corrected chi connectivity index (χ0v) is 7.85. The van der Waals surface area contributed by atoms with Crippen molar-refractivity contribution in [3.63, 3.8) is 0 Å². The number of non-ortho nitro benzene ring substituents is 1. The molecule has 0 amide bonds. The molecule has 0 aliphatic carbocycles. The molecule has 0 spiro atoms. The van der Waals surface area contributed by atoms with Gasteiger partial charge in [0, 0.05) is 24.5 Å². The van der Waals surface area contributed by atoms with E-state index in [0.29, 0.717) is 0 Å². The average molecular weight is 203 g/mol. The fourth-order valence-electron chi connectivity index (χ4n) is 0.803. The quantitative estimate of drug-likeness (QED) is 0.525. The lowest BCUT2D eigenvalue weighted by Gasteiger charge is -1.85. The van der Waals surface area contributed by atoms with Crippen molar-refractivity contribution in [2.75, 3.05) is 0 Å². The van der Waals surface area contributed by atoms with Crippen LogP contribution in [0.3, 0.4) is 0 Å². The van der Waals surface area contributed by atoms with Gasteiger partial charge in [0.25, 0.3) is 5.69 Å². The van der Waals surface area contributed by atoms with Gasteiger partial charge >= 0.3 is 0 Å². The maximum Gasteiger partial charge on any atom is 0.269 e. The van der Waals surface area contributed by atoms with Gasteiger partial charge in [0.2, 0.25) is 0 Å². The van der Waals surface area contributed by atoms with Gasteiger partial charge in [-0.25, -0.2) is 9.97 Å². The van der Waals surface area contributed by atoms with E-state index in [0.717, 1.165) is 0 Å². The second kappa shape index (κ2) is 6.20. The summed E-state index contributed by atoms with van der Waals surface area (Å²) in [4.78, 5) is 16.9. The van der Waals surface area contributed by atoms with Crippen molar-refractivity contribution >= 4 is 5.69 Å². The summed E-state index contributed by atoms with van der Waals surface area (Å²) >= 11 is 0. The van der Waals surface area contributed by atoms with Gasteiger partial charge in [-0.3, -0.25) is 10.1 Å². The highest BCUT2D eigenvalue weighted by molar-refractivity contribution is 5.27. The molecule has 76 valence electrons. The molecule has 0 aliphatic heterocycles. The summed E-state index contributed by atoms with van der Waals surface area (Å²) < 4.78 is 0. The molecule has 1 aromatic heterocycles. The zero-order chi connectivity index (χ0) is 10.9. The SMILES string of the molecule is O=[N+]([O-])c1ccccc1.c1cncnc1. The van der Waals surface area contributed by atoms with Crippen LogP contribution in [0.25, 0.3) is 0 Å². The first-order valence-electron chi connectivity index (χ1n) is 4.20. The van der Waals surface area contributed by atoms with Crippen molar-refractivity contribution in [3.05, 3.63) is 65.2 Å². The van der Waals surface area contributed by atoms with E-state index in [1.54, 1.807) is 36.7 Å². The number of hydrogen-bond donors (Lipinski definition) is 0. The predicted molar refractivity (Wildman–Crippen MR) is 55.1 cm³/mol. The summed E-state index contributed by atoms with van der Waals surface area (Å²) in [6, 6.07) is 9.71. The molecule has 0 saturated carbocycles. The molecule has 5 nitrogen and oxygen atoms in total. The molecule has 0 radical (unpaired) electrons. The van der Waals surface area contributed by atoms with Crippen LogP contribution in [0.15, 0.2) is 55.1 Å². The zero-order valence-electron chi connectivity index (χ0n) is 7.85. The van der Waals surface area contributed by atoms with Gasteiger partial charge < -0.3 is 0 Å². The molecule has 0 unspecified atom stereocenters. The maximum atomic E-state index is 10.0. The number of rotatable bonds is 1. The molecule has 0 N–H and O–H groups in total. The third-order valence-electron chi connectivity index (χ3n) is 1.44. The Balaban J connectivity index is 0.000000162. The fourth-order valence-corrected chi connectivity index (χ4v) is 0.803. The minimum Gasteiger partial charge on any atom is -0.258 e. The predicted octanol–water partition coefficient (Wildman–Crippen LogP) is 2.07. The lowest BCUT2D eigenvalue weighted by molar-refractivity contribution is -0.384. The Kier molecular flexibility index (Phi) is 4.45. The van der Waals surface area contributed by atoms with E-state index in [2.05, 4.69) is 9.97 Å². The largest absolute Gasteiger partial charge is 0.269 e. The highest BCUT2D eigenvalue weighted by Gasteiger charge is 1.98. The molecule has 15 heavy (non-hydrogen) atoms. The molecule has 2 aromatic rings. The smallest absolute Gasteiger partial charge is 0.258 e. The van der Waals surface area contributed by atoms with Crippen LogP contribution in [0.2, 0.25) is 0 Å². The Morgan fingerprint density at radius 3 is 1.87 bits per heavy atom. The first kappa shape index (κ1) is 10.8. The minimum absolute atomic E-state index is 0.137. The van der Waals surface area contributed by atoms with Crippen molar-refractivity contribution in [3.8, 4) is 0 Å². The summed E-state index contributed by atoms with van der Waals surface area (Å²) in [7, 11) is 0.